The molecule has 4 N–H and O–H groups in total. The monoisotopic (exact) mass is 346 g/mol. The third-order valence-electron chi connectivity index (χ3n) is 3.95. The van der Waals surface area contributed by atoms with Crippen LogP contribution in [-0.4, -0.2) is 41.5 Å². The van der Waals surface area contributed by atoms with Gasteiger partial charge in [0, 0.05) is 6.54 Å². The number of carboxylic acid groups (broad SMARTS) is 1. The Morgan fingerprint density at radius 3 is 2.44 bits per heavy atom. The number of benzene rings is 2. The fourth-order valence-corrected chi connectivity index (χ4v) is 2.63. The number of hydrogen-bond acceptors (Lipinski definition) is 3. The second-order valence-corrected chi connectivity index (χ2v) is 5.86. The van der Waals surface area contributed by atoms with E-state index in [0.29, 0.717) is 24.9 Å². The minimum absolute atomic E-state index is 0.215. The third-order valence-corrected chi connectivity index (χ3v) is 3.95. The van der Waals surface area contributed by atoms with Crippen molar-refractivity contribution in [3.63, 3.8) is 0 Å². The maximum Gasteiger partial charge on any atom is 0.404 e. The molecule has 1 amide bonds. The Morgan fingerprint density at radius 2 is 1.76 bits per heavy atom. The van der Waals surface area contributed by atoms with Crippen LogP contribution in [0.5, 0.6) is 0 Å². The van der Waals surface area contributed by atoms with E-state index in [1.165, 1.54) is 6.07 Å². The highest BCUT2D eigenvalue weighted by atomic mass is 19.1. The molecule has 25 heavy (non-hydrogen) atoms. The first-order chi connectivity index (χ1) is 12.1. The van der Waals surface area contributed by atoms with E-state index >= 15 is 0 Å². The highest BCUT2D eigenvalue weighted by Crippen LogP contribution is 2.08. The Kier molecular flexibility index (Phi) is 7.37. The maximum atomic E-state index is 13.5. The molecular formula is C19H23FN2O3. The lowest BCUT2D eigenvalue weighted by Crippen LogP contribution is -2.48. The maximum absolute atomic E-state index is 13.5. The normalized spacial score (nSPS) is 13.2. The van der Waals surface area contributed by atoms with Crippen LogP contribution in [0.4, 0.5) is 9.18 Å². The van der Waals surface area contributed by atoms with Crippen molar-refractivity contribution in [2.24, 2.45) is 0 Å². The van der Waals surface area contributed by atoms with Crippen LogP contribution in [0.25, 0.3) is 0 Å². The van der Waals surface area contributed by atoms with Crippen molar-refractivity contribution < 1.29 is 19.4 Å². The summed E-state index contributed by atoms with van der Waals surface area (Å²) in [6.07, 6.45) is -1.18. The van der Waals surface area contributed by atoms with Gasteiger partial charge >= 0.3 is 6.09 Å². The van der Waals surface area contributed by atoms with Gasteiger partial charge in [0.1, 0.15) is 5.82 Å². The largest absolute Gasteiger partial charge is 0.465 e. The number of halogens is 1. The smallest absolute Gasteiger partial charge is 0.404 e. The number of carbonyl (C=O) groups is 1. The minimum atomic E-state index is -1.17. The molecule has 5 nitrogen and oxygen atoms in total. The lowest BCUT2D eigenvalue weighted by molar-refractivity contribution is 0.118. The molecular weight excluding hydrogens is 323 g/mol. The van der Waals surface area contributed by atoms with Gasteiger partial charge in [-0.2, -0.15) is 0 Å². The van der Waals surface area contributed by atoms with Crippen LogP contribution in [0.15, 0.2) is 54.6 Å². The Balaban J connectivity index is 1.83. The molecule has 0 spiro atoms. The zero-order valence-electron chi connectivity index (χ0n) is 13.9. The second-order valence-electron chi connectivity index (χ2n) is 5.86. The molecule has 0 aromatic heterocycles. The van der Waals surface area contributed by atoms with E-state index in [2.05, 4.69) is 10.6 Å². The number of aliphatic hydroxyl groups is 1. The molecule has 0 saturated carbocycles. The molecule has 0 aliphatic heterocycles. The zero-order chi connectivity index (χ0) is 18.1. The van der Waals surface area contributed by atoms with Crippen molar-refractivity contribution >= 4 is 6.09 Å². The first-order valence-corrected chi connectivity index (χ1v) is 8.22. The van der Waals surface area contributed by atoms with Crippen molar-refractivity contribution in [3.8, 4) is 0 Å². The number of amides is 1. The summed E-state index contributed by atoms with van der Waals surface area (Å²) in [6, 6.07) is 15.3. The van der Waals surface area contributed by atoms with Crippen LogP contribution in [0, 0.1) is 5.82 Å². The fraction of sp³-hybridized carbons (Fsp3) is 0.316. The van der Waals surface area contributed by atoms with E-state index in [0.717, 1.165) is 5.56 Å². The van der Waals surface area contributed by atoms with Crippen molar-refractivity contribution in [1.29, 1.82) is 0 Å². The molecule has 0 heterocycles. The van der Waals surface area contributed by atoms with E-state index in [-0.39, 0.29) is 12.4 Å². The average Bonchev–Trinajstić information content (AvgIpc) is 2.60. The summed E-state index contributed by atoms with van der Waals surface area (Å²) in [6.45, 7) is 0.704. The molecule has 0 aliphatic carbocycles. The molecule has 0 fully saturated rings. The van der Waals surface area contributed by atoms with Gasteiger partial charge in [-0.25, -0.2) is 9.18 Å². The number of rotatable bonds is 9. The van der Waals surface area contributed by atoms with Gasteiger partial charge in [-0.05, 0) is 36.6 Å². The SMILES string of the molecule is O=C(O)NC(Cc1ccccc1)C(O)CNCCc1ccccc1F. The van der Waals surface area contributed by atoms with Gasteiger partial charge in [0.05, 0.1) is 12.1 Å². The van der Waals surface area contributed by atoms with E-state index in [4.69, 9.17) is 5.11 Å². The molecule has 6 heteroatoms. The molecule has 134 valence electrons. The lowest BCUT2D eigenvalue weighted by Gasteiger charge is -2.23. The van der Waals surface area contributed by atoms with Gasteiger partial charge in [0.2, 0.25) is 0 Å². The van der Waals surface area contributed by atoms with Crippen molar-refractivity contribution in [2.45, 2.75) is 25.0 Å². The average molecular weight is 346 g/mol. The molecule has 0 saturated heterocycles. The molecule has 0 bridgehead atoms. The van der Waals surface area contributed by atoms with Crippen LogP contribution in [0.3, 0.4) is 0 Å². The van der Waals surface area contributed by atoms with E-state index in [9.17, 15) is 14.3 Å². The summed E-state index contributed by atoms with van der Waals surface area (Å²) in [5.74, 6) is -0.251. The Hall–Kier alpha value is -2.44. The summed E-state index contributed by atoms with van der Waals surface area (Å²) < 4.78 is 13.5. The number of nitrogens with one attached hydrogen (secondary N) is 2. The highest BCUT2D eigenvalue weighted by molar-refractivity contribution is 5.65. The highest BCUT2D eigenvalue weighted by Gasteiger charge is 2.21. The van der Waals surface area contributed by atoms with Gasteiger partial charge in [-0.15, -0.1) is 0 Å². The summed E-state index contributed by atoms with van der Waals surface area (Å²) in [7, 11) is 0. The molecule has 2 unspecified atom stereocenters. The minimum Gasteiger partial charge on any atom is -0.465 e. The van der Waals surface area contributed by atoms with E-state index < -0.39 is 18.2 Å². The Labute approximate surface area is 146 Å². The van der Waals surface area contributed by atoms with E-state index in [1.807, 2.05) is 30.3 Å². The van der Waals surface area contributed by atoms with E-state index in [1.54, 1.807) is 18.2 Å². The molecule has 2 aromatic carbocycles. The van der Waals surface area contributed by atoms with Crippen molar-refractivity contribution in [1.82, 2.24) is 10.6 Å². The van der Waals surface area contributed by atoms with Gasteiger partial charge in [-0.3, -0.25) is 0 Å². The standard InChI is InChI=1S/C19H23FN2O3/c20-16-9-5-4-8-15(16)10-11-21-13-18(23)17(22-19(24)25)12-14-6-2-1-3-7-14/h1-9,17-18,21-23H,10-13H2,(H,24,25). The van der Waals surface area contributed by atoms with Gasteiger partial charge in [0.25, 0.3) is 0 Å². The number of hydrogen-bond donors (Lipinski definition) is 4. The quantitative estimate of drug-likeness (QED) is 0.525. The zero-order valence-corrected chi connectivity index (χ0v) is 13.9. The molecule has 2 aromatic rings. The molecule has 0 aliphatic rings. The van der Waals surface area contributed by atoms with Crippen molar-refractivity contribution in [3.05, 3.63) is 71.5 Å². The Bertz CT molecular complexity index is 667. The predicted molar refractivity (Wildman–Crippen MR) is 94.1 cm³/mol. The topological polar surface area (TPSA) is 81.6 Å². The van der Waals surface area contributed by atoms with Crippen LogP contribution in [0.1, 0.15) is 11.1 Å². The molecule has 2 atom stereocenters. The fourth-order valence-electron chi connectivity index (χ4n) is 2.63. The van der Waals surface area contributed by atoms with Crippen LogP contribution >= 0.6 is 0 Å². The second kappa shape index (κ2) is 9.76. The first-order valence-electron chi connectivity index (χ1n) is 8.22. The molecule has 0 radical (unpaired) electrons. The summed E-state index contributed by atoms with van der Waals surface area (Å²) >= 11 is 0. The summed E-state index contributed by atoms with van der Waals surface area (Å²) in [5.41, 5.74) is 1.54. The summed E-state index contributed by atoms with van der Waals surface area (Å²) in [4.78, 5) is 11.0. The predicted octanol–water partition coefficient (Wildman–Crippen LogP) is 2.20. The van der Waals surface area contributed by atoms with Crippen molar-refractivity contribution in [2.75, 3.05) is 13.1 Å². The van der Waals surface area contributed by atoms with Gasteiger partial charge in [-0.1, -0.05) is 48.5 Å². The lowest BCUT2D eigenvalue weighted by atomic mass is 10.0. The summed E-state index contributed by atoms with van der Waals surface area (Å²) in [5, 5.41) is 24.7. The molecule has 2 rings (SSSR count). The van der Waals surface area contributed by atoms with Crippen LogP contribution in [-0.2, 0) is 12.8 Å². The van der Waals surface area contributed by atoms with Crippen LogP contribution in [0.2, 0.25) is 0 Å². The van der Waals surface area contributed by atoms with Gasteiger partial charge < -0.3 is 20.8 Å². The van der Waals surface area contributed by atoms with Gasteiger partial charge in [0.15, 0.2) is 0 Å². The van der Waals surface area contributed by atoms with Crippen LogP contribution < -0.4 is 10.6 Å². The Morgan fingerprint density at radius 1 is 1.08 bits per heavy atom. The number of aliphatic hydroxyl groups excluding tert-OH is 1. The third kappa shape index (κ3) is 6.52. The first kappa shape index (κ1) is 18.9.